The van der Waals surface area contributed by atoms with E-state index in [0.29, 0.717) is 18.7 Å². The van der Waals surface area contributed by atoms with Crippen LogP contribution in [0.25, 0.3) is 0 Å². The summed E-state index contributed by atoms with van der Waals surface area (Å²) in [7, 11) is 1.38. The van der Waals surface area contributed by atoms with E-state index in [9.17, 15) is 9.59 Å². The molecule has 0 radical (unpaired) electrons. The number of carbonyl (C=O) groups excluding carboxylic acids is 2. The predicted molar refractivity (Wildman–Crippen MR) is 112 cm³/mol. The largest absolute Gasteiger partial charge is 0.465 e. The van der Waals surface area contributed by atoms with Crippen LogP contribution in [0.4, 0.5) is 0 Å². The number of hydrogen-bond donors (Lipinski definition) is 0. The van der Waals surface area contributed by atoms with E-state index < -0.39 is 0 Å². The number of benzene rings is 2. The van der Waals surface area contributed by atoms with Crippen molar-refractivity contribution >= 4 is 23.6 Å². The van der Waals surface area contributed by atoms with Gasteiger partial charge in [-0.05, 0) is 54.7 Å². The molecule has 0 aliphatic carbocycles. The van der Waals surface area contributed by atoms with Crippen molar-refractivity contribution in [1.29, 1.82) is 0 Å². The molecule has 1 atom stereocenters. The zero-order valence-electron chi connectivity index (χ0n) is 16.6. The number of hydrogen-bond acceptors (Lipinski definition) is 5. The average molecular weight is 412 g/mol. The normalized spacial score (nSPS) is 18.4. The molecule has 0 bridgehead atoms. The van der Waals surface area contributed by atoms with E-state index in [2.05, 4.69) is 0 Å². The van der Waals surface area contributed by atoms with Gasteiger partial charge in [-0.3, -0.25) is 4.79 Å². The number of ether oxygens (including phenoxy) is 2. The molecule has 2 aromatic rings. The Bertz CT molecular complexity index is 908. The minimum absolute atomic E-state index is 0.0366. The second-order valence-corrected chi connectivity index (χ2v) is 8.46. The maximum Gasteiger partial charge on any atom is 0.337 e. The minimum Gasteiger partial charge on any atom is -0.465 e. The first-order valence-electron chi connectivity index (χ1n) is 9.98. The Balaban J connectivity index is 1.50. The number of esters is 1. The number of nitrogens with zero attached hydrogens (tertiary/aromatic N) is 1. The van der Waals surface area contributed by atoms with Crippen LogP contribution >= 0.6 is 11.8 Å². The first-order valence-corrected chi connectivity index (χ1v) is 11.0. The lowest BCUT2D eigenvalue weighted by molar-refractivity contribution is 0.0600. The zero-order valence-corrected chi connectivity index (χ0v) is 17.4. The molecule has 0 N–H and O–H groups in total. The fraction of sp³-hybridized carbons (Fsp3) is 0.391. The molecule has 5 nitrogen and oxygen atoms in total. The summed E-state index contributed by atoms with van der Waals surface area (Å²) in [5.74, 6) is 0.553. The van der Waals surface area contributed by atoms with Gasteiger partial charge in [0, 0.05) is 30.3 Å². The summed E-state index contributed by atoms with van der Waals surface area (Å²) >= 11 is 1.70. The predicted octanol–water partition coefficient (Wildman–Crippen LogP) is 3.94. The number of rotatable bonds is 5. The Labute approximate surface area is 175 Å². The number of amides is 1. The number of carbonyl (C=O) groups is 2. The summed E-state index contributed by atoms with van der Waals surface area (Å²) in [5.41, 5.74) is 3.45. The molecule has 0 aromatic heterocycles. The quantitative estimate of drug-likeness (QED) is 0.551. The molecule has 1 saturated heterocycles. The van der Waals surface area contributed by atoms with Crippen molar-refractivity contribution in [3.8, 4) is 0 Å². The molecule has 2 aromatic carbocycles. The highest BCUT2D eigenvalue weighted by molar-refractivity contribution is 7.99. The summed E-state index contributed by atoms with van der Waals surface area (Å²) in [6.07, 6.45) is 3.27. The zero-order chi connectivity index (χ0) is 20.2. The molecule has 2 heterocycles. The Hall–Kier alpha value is -2.31. The Morgan fingerprint density at radius 2 is 2.07 bits per heavy atom. The van der Waals surface area contributed by atoms with Crippen LogP contribution in [-0.4, -0.2) is 48.9 Å². The SMILES string of the molecule is COC(=O)c1ccc2c(c1)CN(C(=O)c1ccccc1SC[C@@H]1CCCO1)CC2. The van der Waals surface area contributed by atoms with Crippen LogP contribution in [0.15, 0.2) is 47.4 Å². The van der Waals surface area contributed by atoms with Gasteiger partial charge in [-0.1, -0.05) is 18.2 Å². The van der Waals surface area contributed by atoms with E-state index >= 15 is 0 Å². The second kappa shape index (κ2) is 9.01. The Morgan fingerprint density at radius 1 is 1.21 bits per heavy atom. The van der Waals surface area contributed by atoms with E-state index in [4.69, 9.17) is 9.47 Å². The summed E-state index contributed by atoms with van der Waals surface area (Å²) in [4.78, 5) is 28.0. The van der Waals surface area contributed by atoms with E-state index in [1.54, 1.807) is 17.8 Å². The lowest BCUT2D eigenvalue weighted by atomic mass is 9.97. The van der Waals surface area contributed by atoms with Crippen LogP contribution in [0, 0.1) is 0 Å². The van der Waals surface area contributed by atoms with E-state index in [0.717, 1.165) is 47.6 Å². The summed E-state index contributed by atoms with van der Waals surface area (Å²) in [6, 6.07) is 13.4. The number of thioether (sulfide) groups is 1. The second-order valence-electron chi connectivity index (χ2n) is 7.39. The molecule has 2 aliphatic heterocycles. The fourth-order valence-corrected chi connectivity index (χ4v) is 4.99. The van der Waals surface area contributed by atoms with Gasteiger partial charge >= 0.3 is 5.97 Å². The first-order chi connectivity index (χ1) is 14.2. The van der Waals surface area contributed by atoms with Crippen molar-refractivity contribution in [2.45, 2.75) is 36.8 Å². The van der Waals surface area contributed by atoms with Crippen molar-refractivity contribution in [2.24, 2.45) is 0 Å². The Morgan fingerprint density at radius 3 is 2.86 bits per heavy atom. The molecule has 0 saturated carbocycles. The van der Waals surface area contributed by atoms with Crippen molar-refractivity contribution in [2.75, 3.05) is 26.0 Å². The smallest absolute Gasteiger partial charge is 0.337 e. The molecule has 29 heavy (non-hydrogen) atoms. The van der Waals surface area contributed by atoms with Gasteiger partial charge in [-0.15, -0.1) is 11.8 Å². The highest BCUT2D eigenvalue weighted by Gasteiger charge is 2.25. The van der Waals surface area contributed by atoms with Gasteiger partial charge in [0.15, 0.2) is 0 Å². The van der Waals surface area contributed by atoms with Gasteiger partial charge in [0.2, 0.25) is 0 Å². The van der Waals surface area contributed by atoms with Crippen LogP contribution in [0.2, 0.25) is 0 Å². The molecule has 2 aliphatic rings. The topological polar surface area (TPSA) is 55.8 Å². The van der Waals surface area contributed by atoms with Crippen LogP contribution in [0.1, 0.15) is 44.7 Å². The van der Waals surface area contributed by atoms with Gasteiger partial charge in [-0.25, -0.2) is 4.79 Å². The maximum absolute atomic E-state index is 13.3. The highest BCUT2D eigenvalue weighted by Crippen LogP contribution is 2.29. The molecule has 4 rings (SSSR count). The number of fused-ring (bicyclic) bond motifs is 1. The monoisotopic (exact) mass is 411 g/mol. The number of methoxy groups -OCH3 is 1. The van der Waals surface area contributed by atoms with Crippen LogP contribution in [-0.2, 0) is 22.4 Å². The summed E-state index contributed by atoms with van der Waals surface area (Å²) in [5, 5.41) is 0. The van der Waals surface area contributed by atoms with E-state index in [-0.39, 0.29) is 18.0 Å². The van der Waals surface area contributed by atoms with E-state index in [1.165, 1.54) is 12.7 Å². The van der Waals surface area contributed by atoms with Crippen LogP contribution < -0.4 is 0 Å². The summed E-state index contributed by atoms with van der Waals surface area (Å²) in [6.45, 7) is 2.02. The van der Waals surface area contributed by atoms with Gasteiger partial charge in [0.1, 0.15) is 0 Å². The minimum atomic E-state index is -0.355. The third-order valence-electron chi connectivity index (χ3n) is 5.49. The van der Waals surface area contributed by atoms with Crippen LogP contribution in [0.3, 0.4) is 0 Å². The molecule has 1 amide bonds. The fourth-order valence-electron chi connectivity index (χ4n) is 3.87. The highest BCUT2D eigenvalue weighted by atomic mass is 32.2. The van der Waals surface area contributed by atoms with Gasteiger partial charge < -0.3 is 14.4 Å². The average Bonchev–Trinajstić information content (AvgIpc) is 3.29. The van der Waals surface area contributed by atoms with Gasteiger partial charge in [0.05, 0.1) is 24.3 Å². The van der Waals surface area contributed by atoms with E-state index in [1.807, 2.05) is 41.3 Å². The van der Waals surface area contributed by atoms with Gasteiger partial charge in [0.25, 0.3) is 5.91 Å². The molecule has 1 fully saturated rings. The molecule has 152 valence electrons. The molecular formula is C23H25NO4S. The Kier molecular flexibility index (Phi) is 6.21. The lowest BCUT2D eigenvalue weighted by Crippen LogP contribution is -2.36. The third kappa shape index (κ3) is 4.49. The molecule has 6 heteroatoms. The lowest BCUT2D eigenvalue weighted by Gasteiger charge is -2.30. The summed E-state index contributed by atoms with van der Waals surface area (Å²) < 4.78 is 10.5. The molecule has 0 unspecified atom stereocenters. The third-order valence-corrected chi connectivity index (χ3v) is 6.70. The van der Waals surface area contributed by atoms with Crippen molar-refractivity contribution in [1.82, 2.24) is 4.90 Å². The molecular weight excluding hydrogens is 386 g/mol. The standard InChI is InChI=1S/C23H25NO4S/c1-27-23(26)17-9-8-16-10-11-24(14-18(16)13-17)22(25)20-6-2-3-7-21(20)29-15-19-5-4-12-28-19/h2-3,6-9,13,19H,4-5,10-12,14-15H2,1H3/t19-/m0/s1. The molecule has 0 spiro atoms. The first kappa shape index (κ1) is 20.0. The maximum atomic E-state index is 13.3. The van der Waals surface area contributed by atoms with Crippen molar-refractivity contribution in [3.63, 3.8) is 0 Å². The van der Waals surface area contributed by atoms with Crippen molar-refractivity contribution < 1.29 is 19.1 Å². The van der Waals surface area contributed by atoms with Crippen molar-refractivity contribution in [3.05, 3.63) is 64.7 Å². The van der Waals surface area contributed by atoms with Crippen LogP contribution in [0.5, 0.6) is 0 Å². The van der Waals surface area contributed by atoms with Gasteiger partial charge in [-0.2, -0.15) is 0 Å².